The topological polar surface area (TPSA) is 122 Å². The summed E-state index contributed by atoms with van der Waals surface area (Å²) in [4.78, 5) is 30.7. The van der Waals surface area contributed by atoms with E-state index in [2.05, 4.69) is 42.1 Å². The van der Waals surface area contributed by atoms with Gasteiger partial charge in [0.2, 0.25) is 11.6 Å². The van der Waals surface area contributed by atoms with E-state index in [9.17, 15) is 19.3 Å². The molecule has 1 aromatic heterocycles. The zero-order valence-electron chi connectivity index (χ0n) is 14.6. The molecule has 13 heteroatoms. The smallest absolute Gasteiger partial charge is 0.332 e. The van der Waals surface area contributed by atoms with Crippen LogP contribution in [0.2, 0.25) is 10.0 Å². The molecule has 0 bridgehead atoms. The van der Waals surface area contributed by atoms with Gasteiger partial charge in [-0.3, -0.25) is 25.8 Å². The van der Waals surface area contributed by atoms with E-state index in [1.54, 1.807) is 6.07 Å². The number of nitro groups is 1. The molecule has 3 aromatic rings. The summed E-state index contributed by atoms with van der Waals surface area (Å²) in [5.41, 5.74) is 4.06. The highest BCUT2D eigenvalue weighted by Crippen LogP contribution is 2.32. The predicted octanol–water partition coefficient (Wildman–Crippen LogP) is 5.09. The normalized spacial score (nSPS) is 10.4. The second kappa shape index (κ2) is 9.20. The summed E-state index contributed by atoms with van der Waals surface area (Å²) in [7, 11) is 0. The molecule has 9 nitrogen and oxygen atoms in total. The first kappa shape index (κ1) is 21.7. The Balaban J connectivity index is 1.85. The minimum atomic E-state index is -0.775. The lowest BCUT2D eigenvalue weighted by Gasteiger charge is -2.12. The van der Waals surface area contributed by atoms with E-state index in [0.717, 1.165) is 6.33 Å². The molecule has 0 aliphatic heterocycles. The number of carbonyl (C=O) groups excluding carboxylic acids is 1. The third kappa shape index (κ3) is 4.93. The molecular formula is C17H10BrCl2FN6O3. The quantitative estimate of drug-likeness (QED) is 0.308. The SMILES string of the molecule is O=C(NNc1ncnc(Nc2ccc(Br)cc2F)c1[N+](=O)[O-])c1ccc(Cl)cc1Cl. The molecule has 0 spiro atoms. The van der Waals surface area contributed by atoms with Gasteiger partial charge in [0, 0.05) is 9.50 Å². The van der Waals surface area contributed by atoms with Gasteiger partial charge in [0.25, 0.3) is 5.91 Å². The molecule has 30 heavy (non-hydrogen) atoms. The average molecular weight is 516 g/mol. The van der Waals surface area contributed by atoms with E-state index in [-0.39, 0.29) is 27.9 Å². The van der Waals surface area contributed by atoms with Gasteiger partial charge in [0.15, 0.2) is 0 Å². The van der Waals surface area contributed by atoms with Gasteiger partial charge in [-0.05, 0) is 36.4 Å². The number of hydrazine groups is 1. The first-order valence-corrected chi connectivity index (χ1v) is 9.54. The summed E-state index contributed by atoms with van der Waals surface area (Å²) in [6, 6.07) is 8.34. The van der Waals surface area contributed by atoms with Gasteiger partial charge in [-0.1, -0.05) is 39.1 Å². The number of nitrogens with zero attached hydrogens (tertiary/aromatic N) is 3. The third-order valence-electron chi connectivity index (χ3n) is 3.66. The monoisotopic (exact) mass is 514 g/mol. The van der Waals surface area contributed by atoms with Crippen LogP contribution in [0.25, 0.3) is 0 Å². The molecule has 1 heterocycles. The molecule has 0 saturated carbocycles. The number of hydrogen-bond donors (Lipinski definition) is 3. The van der Waals surface area contributed by atoms with E-state index in [1.807, 2.05) is 0 Å². The van der Waals surface area contributed by atoms with Crippen molar-refractivity contribution in [3.05, 3.63) is 78.7 Å². The Morgan fingerprint density at radius 2 is 1.87 bits per heavy atom. The van der Waals surface area contributed by atoms with Crippen LogP contribution in [0, 0.1) is 15.9 Å². The van der Waals surface area contributed by atoms with E-state index in [4.69, 9.17) is 23.2 Å². The van der Waals surface area contributed by atoms with Crippen molar-refractivity contribution in [3.8, 4) is 0 Å². The molecule has 0 unspecified atom stereocenters. The number of aromatic nitrogens is 2. The van der Waals surface area contributed by atoms with Gasteiger partial charge in [-0.2, -0.15) is 0 Å². The van der Waals surface area contributed by atoms with Crippen LogP contribution >= 0.6 is 39.1 Å². The van der Waals surface area contributed by atoms with Gasteiger partial charge in [-0.25, -0.2) is 14.4 Å². The zero-order chi connectivity index (χ0) is 21.8. The van der Waals surface area contributed by atoms with Crippen molar-refractivity contribution in [1.29, 1.82) is 0 Å². The van der Waals surface area contributed by atoms with Gasteiger partial charge in [0.1, 0.15) is 12.1 Å². The third-order valence-corrected chi connectivity index (χ3v) is 4.70. The van der Waals surface area contributed by atoms with E-state index >= 15 is 0 Å². The van der Waals surface area contributed by atoms with Gasteiger partial charge in [0.05, 0.1) is 21.2 Å². The number of hydrogen-bond acceptors (Lipinski definition) is 7. The van der Waals surface area contributed by atoms with Crippen LogP contribution in [0.15, 0.2) is 47.2 Å². The molecule has 0 atom stereocenters. The molecule has 0 radical (unpaired) electrons. The number of anilines is 3. The van der Waals surface area contributed by atoms with Gasteiger partial charge < -0.3 is 5.32 Å². The molecule has 3 rings (SSSR count). The Bertz CT molecular complexity index is 1150. The zero-order valence-corrected chi connectivity index (χ0v) is 17.7. The summed E-state index contributed by atoms with van der Waals surface area (Å²) in [5, 5.41) is 14.6. The number of amides is 1. The lowest BCUT2D eigenvalue weighted by Crippen LogP contribution is -2.30. The molecule has 154 valence electrons. The van der Waals surface area contributed by atoms with Crippen LogP contribution in [0.5, 0.6) is 0 Å². The second-order valence-electron chi connectivity index (χ2n) is 5.63. The number of halogens is 4. The summed E-state index contributed by atoms with van der Waals surface area (Å²) in [6.45, 7) is 0. The van der Waals surface area contributed by atoms with Crippen molar-refractivity contribution in [2.75, 3.05) is 10.7 Å². The Kier molecular flexibility index (Phi) is 6.65. The second-order valence-corrected chi connectivity index (χ2v) is 7.39. The first-order valence-electron chi connectivity index (χ1n) is 7.99. The Morgan fingerprint density at radius 3 is 2.53 bits per heavy atom. The van der Waals surface area contributed by atoms with Crippen molar-refractivity contribution >= 4 is 68.0 Å². The Hall–Kier alpha value is -3.02. The Morgan fingerprint density at radius 1 is 1.13 bits per heavy atom. The number of benzene rings is 2. The van der Waals surface area contributed by atoms with Gasteiger partial charge >= 0.3 is 5.69 Å². The summed E-state index contributed by atoms with van der Waals surface area (Å²) < 4.78 is 14.6. The summed E-state index contributed by atoms with van der Waals surface area (Å²) in [5.74, 6) is -1.94. The molecule has 0 aliphatic rings. The number of nitrogens with one attached hydrogen (secondary N) is 3. The molecule has 3 N–H and O–H groups in total. The van der Waals surface area contributed by atoms with Crippen molar-refractivity contribution in [2.45, 2.75) is 0 Å². The molecule has 0 aliphatic carbocycles. The molecule has 0 saturated heterocycles. The highest BCUT2D eigenvalue weighted by molar-refractivity contribution is 9.10. The summed E-state index contributed by atoms with van der Waals surface area (Å²) in [6.07, 6.45) is 1.01. The Labute approximate surface area is 186 Å². The van der Waals surface area contributed by atoms with Gasteiger partial charge in [-0.15, -0.1) is 0 Å². The van der Waals surface area contributed by atoms with Crippen molar-refractivity contribution in [1.82, 2.24) is 15.4 Å². The van der Waals surface area contributed by atoms with Crippen LogP contribution in [0.3, 0.4) is 0 Å². The maximum absolute atomic E-state index is 14.1. The fraction of sp³-hybridized carbons (Fsp3) is 0. The number of rotatable bonds is 6. The maximum atomic E-state index is 14.1. The van der Waals surface area contributed by atoms with E-state index in [1.165, 1.54) is 30.3 Å². The predicted molar refractivity (Wildman–Crippen MR) is 114 cm³/mol. The fourth-order valence-corrected chi connectivity index (χ4v) is 3.14. The highest BCUT2D eigenvalue weighted by Gasteiger charge is 2.24. The van der Waals surface area contributed by atoms with Crippen LogP contribution in [0.1, 0.15) is 10.4 Å². The lowest BCUT2D eigenvalue weighted by atomic mass is 10.2. The molecule has 0 fully saturated rings. The summed E-state index contributed by atoms with van der Waals surface area (Å²) >= 11 is 14.9. The average Bonchev–Trinajstić information content (AvgIpc) is 2.68. The van der Waals surface area contributed by atoms with E-state index in [0.29, 0.717) is 9.50 Å². The number of carbonyl (C=O) groups is 1. The molecule has 2 aromatic carbocycles. The van der Waals surface area contributed by atoms with Crippen LogP contribution in [0.4, 0.5) is 27.4 Å². The molecular weight excluding hydrogens is 506 g/mol. The first-order chi connectivity index (χ1) is 14.3. The fourth-order valence-electron chi connectivity index (χ4n) is 2.31. The van der Waals surface area contributed by atoms with Crippen molar-refractivity contribution in [2.24, 2.45) is 0 Å². The van der Waals surface area contributed by atoms with Crippen molar-refractivity contribution in [3.63, 3.8) is 0 Å². The van der Waals surface area contributed by atoms with Crippen molar-refractivity contribution < 1.29 is 14.1 Å². The van der Waals surface area contributed by atoms with Crippen LogP contribution < -0.4 is 16.2 Å². The minimum absolute atomic E-state index is 0.0390. The standard InChI is InChI=1S/C17H10BrCl2FN6O3/c18-8-1-4-13(12(21)5-8)24-15-14(27(29)30)16(23-7-22-15)25-26-17(28)10-3-2-9(19)6-11(10)20/h1-7H,(H,26,28)(H2,22,23,24,25). The highest BCUT2D eigenvalue weighted by atomic mass is 79.9. The largest absolute Gasteiger partial charge is 0.355 e. The lowest BCUT2D eigenvalue weighted by molar-refractivity contribution is -0.383. The minimum Gasteiger partial charge on any atom is -0.332 e. The molecule has 1 amide bonds. The van der Waals surface area contributed by atoms with E-state index < -0.39 is 22.3 Å². The van der Waals surface area contributed by atoms with Crippen LogP contribution in [-0.2, 0) is 0 Å². The van der Waals surface area contributed by atoms with Crippen LogP contribution in [-0.4, -0.2) is 20.8 Å². The maximum Gasteiger partial charge on any atom is 0.355 e.